The predicted octanol–water partition coefficient (Wildman–Crippen LogP) is 4.23. The number of amides is 5. The second-order valence-corrected chi connectivity index (χ2v) is 18.4. The quantitative estimate of drug-likeness (QED) is 0.160. The lowest BCUT2D eigenvalue weighted by Gasteiger charge is -2.40. The van der Waals surface area contributed by atoms with Crippen LogP contribution in [0.3, 0.4) is 0 Å². The maximum absolute atomic E-state index is 14.5. The highest BCUT2D eigenvalue weighted by Crippen LogP contribution is 2.40. The van der Waals surface area contributed by atoms with E-state index in [0.717, 1.165) is 6.42 Å². The lowest BCUT2D eigenvalue weighted by Crippen LogP contribution is -2.63. The molecular formula is C37H55F3N6O7S. The third-order valence-corrected chi connectivity index (χ3v) is 11.9. The predicted molar refractivity (Wildman–Crippen MR) is 196 cm³/mol. The van der Waals surface area contributed by atoms with Gasteiger partial charge >= 0.3 is 12.2 Å². The van der Waals surface area contributed by atoms with Crippen LogP contribution >= 0.6 is 0 Å². The van der Waals surface area contributed by atoms with Crippen LogP contribution in [0.15, 0.2) is 42.1 Å². The van der Waals surface area contributed by atoms with Crippen LogP contribution in [0.2, 0.25) is 0 Å². The number of sulfone groups is 1. The highest BCUT2D eigenvalue weighted by Gasteiger charge is 2.50. The molecule has 4 N–H and O–H groups in total. The molecule has 5 amide bonds. The van der Waals surface area contributed by atoms with E-state index >= 15 is 0 Å². The second kappa shape index (κ2) is 17.6. The van der Waals surface area contributed by atoms with Crippen molar-refractivity contribution in [2.45, 2.75) is 128 Å². The summed E-state index contributed by atoms with van der Waals surface area (Å²) in [5.74, 6) is -4.95. The van der Waals surface area contributed by atoms with Crippen molar-refractivity contribution in [2.75, 3.05) is 18.8 Å². The number of carbonyl (C=O) groups is 5. The summed E-state index contributed by atoms with van der Waals surface area (Å²) >= 11 is 0. The molecule has 3 unspecified atom stereocenters. The van der Waals surface area contributed by atoms with Gasteiger partial charge in [0.15, 0.2) is 14.9 Å². The van der Waals surface area contributed by atoms with Crippen LogP contribution in [0.25, 0.3) is 0 Å². The maximum atomic E-state index is 14.5. The SMILES string of the molecule is C=CCNC(=O)C(=O)C(CCC(F)(F)F)NC(=O)C1C(C(C)(C)C)CCN1C(=O)[C@@H](NC(=O)NC1(CS(=O)(=O)c2ccccn2)CCCCC1)C(C)(C)C. The van der Waals surface area contributed by atoms with Gasteiger partial charge in [-0.15, -0.1) is 6.58 Å². The average Bonchev–Trinajstić information content (AvgIpc) is 3.53. The van der Waals surface area contributed by atoms with E-state index in [4.69, 9.17) is 0 Å². The number of nitrogens with zero attached hydrogens (tertiary/aromatic N) is 2. The number of urea groups is 1. The van der Waals surface area contributed by atoms with E-state index in [1.807, 2.05) is 20.8 Å². The first-order valence-electron chi connectivity index (χ1n) is 18.2. The number of alkyl halides is 3. The molecule has 3 rings (SSSR count). The van der Waals surface area contributed by atoms with Crippen LogP contribution in [0.4, 0.5) is 18.0 Å². The summed E-state index contributed by atoms with van der Waals surface area (Å²) in [7, 11) is -3.92. The molecule has 0 radical (unpaired) electrons. The van der Waals surface area contributed by atoms with Crippen LogP contribution in [-0.4, -0.2) is 96.5 Å². The summed E-state index contributed by atoms with van der Waals surface area (Å²) in [5.41, 5.74) is -2.69. The summed E-state index contributed by atoms with van der Waals surface area (Å²) in [6.45, 7) is 14.0. The number of Topliss-reactive ketones (excluding diaryl/α,β-unsaturated/α-hetero) is 1. The van der Waals surface area contributed by atoms with Crippen molar-refractivity contribution in [3.05, 3.63) is 37.1 Å². The van der Waals surface area contributed by atoms with Gasteiger partial charge in [-0.25, -0.2) is 18.2 Å². The third kappa shape index (κ3) is 12.0. The minimum Gasteiger partial charge on any atom is -0.346 e. The molecule has 0 aromatic carbocycles. The molecule has 1 aromatic rings. The highest BCUT2D eigenvalue weighted by molar-refractivity contribution is 7.91. The van der Waals surface area contributed by atoms with E-state index in [0.29, 0.717) is 32.1 Å². The summed E-state index contributed by atoms with van der Waals surface area (Å²) in [5, 5.41) is 10.1. The minimum absolute atomic E-state index is 0.0575. The van der Waals surface area contributed by atoms with Gasteiger partial charge in [0.05, 0.1) is 17.3 Å². The van der Waals surface area contributed by atoms with E-state index < -0.39 is 105 Å². The van der Waals surface area contributed by atoms with Gasteiger partial charge in [-0.3, -0.25) is 19.2 Å². The molecule has 17 heteroatoms. The summed E-state index contributed by atoms with van der Waals surface area (Å²) in [6, 6.07) is -0.579. The third-order valence-electron chi connectivity index (χ3n) is 10.0. The van der Waals surface area contributed by atoms with Gasteiger partial charge < -0.3 is 26.2 Å². The number of hydrogen-bond donors (Lipinski definition) is 4. The zero-order valence-electron chi connectivity index (χ0n) is 32.0. The van der Waals surface area contributed by atoms with Crippen LogP contribution in [0.5, 0.6) is 0 Å². The standard InChI is InChI=1S/C37H55F3N6O7S/c1-8-20-42-31(49)28(47)25(15-19-37(38,39)40)43-30(48)27-24(34(2,3)4)16-22-46(27)32(50)29(35(5,6)7)44-33(51)45-36(17-11-9-12-18-36)23-54(52,53)26-14-10-13-21-41-26/h8,10,13-14,21,24-25,27,29H,1,9,11-12,15-20,22-23H2,2-7H3,(H,42,49)(H,43,48)(H2,44,45,51)/t24?,25?,27?,29-/m1/s1. The number of halogens is 3. The minimum atomic E-state index is -4.69. The van der Waals surface area contributed by atoms with Crippen LogP contribution in [-0.2, 0) is 29.0 Å². The Labute approximate surface area is 316 Å². The monoisotopic (exact) mass is 784 g/mol. The van der Waals surface area contributed by atoms with Crippen LogP contribution in [0, 0.1) is 16.7 Å². The number of carbonyl (C=O) groups excluding carboxylic acids is 5. The first-order valence-corrected chi connectivity index (χ1v) is 19.9. The van der Waals surface area contributed by atoms with Crippen molar-refractivity contribution in [3.8, 4) is 0 Å². The Hall–Kier alpha value is -4.02. The second-order valence-electron chi connectivity index (χ2n) is 16.5. The summed E-state index contributed by atoms with van der Waals surface area (Å²) in [6.07, 6.45) is -1.12. The van der Waals surface area contributed by atoms with Crippen molar-refractivity contribution in [2.24, 2.45) is 16.7 Å². The fourth-order valence-corrected chi connectivity index (χ4v) is 8.98. The van der Waals surface area contributed by atoms with Crippen molar-refractivity contribution in [1.82, 2.24) is 31.2 Å². The van der Waals surface area contributed by atoms with Gasteiger partial charge in [-0.1, -0.05) is 72.9 Å². The van der Waals surface area contributed by atoms with Crippen LogP contribution < -0.4 is 21.3 Å². The van der Waals surface area contributed by atoms with Gasteiger partial charge in [0.2, 0.25) is 17.6 Å². The number of ketones is 1. The Balaban J connectivity index is 1.92. The van der Waals surface area contributed by atoms with E-state index in [1.165, 1.54) is 23.2 Å². The molecule has 2 aliphatic rings. The molecule has 1 saturated heterocycles. The fraction of sp³-hybridized carbons (Fsp3) is 0.676. The first-order chi connectivity index (χ1) is 24.9. The molecule has 1 saturated carbocycles. The van der Waals surface area contributed by atoms with Crippen molar-refractivity contribution in [1.29, 1.82) is 0 Å². The van der Waals surface area contributed by atoms with Gasteiger partial charge in [0.25, 0.3) is 5.91 Å². The Bertz CT molecular complexity index is 1640. The Kier molecular flexibility index (Phi) is 14.5. The maximum Gasteiger partial charge on any atom is 0.389 e. The lowest BCUT2D eigenvalue weighted by molar-refractivity contribution is -0.148. The van der Waals surface area contributed by atoms with Gasteiger partial charge in [-0.2, -0.15) is 13.2 Å². The fourth-order valence-electron chi connectivity index (χ4n) is 7.24. The lowest BCUT2D eigenvalue weighted by atomic mass is 9.75. The Morgan fingerprint density at radius 3 is 2.20 bits per heavy atom. The van der Waals surface area contributed by atoms with E-state index in [9.17, 15) is 45.6 Å². The highest BCUT2D eigenvalue weighted by atomic mass is 32.2. The smallest absolute Gasteiger partial charge is 0.346 e. The molecule has 0 bridgehead atoms. The summed E-state index contributed by atoms with van der Waals surface area (Å²) < 4.78 is 66.7. The zero-order chi connectivity index (χ0) is 40.7. The van der Waals surface area contributed by atoms with Crippen molar-refractivity contribution < 1.29 is 45.6 Å². The first kappa shape index (κ1) is 44.4. The zero-order valence-corrected chi connectivity index (χ0v) is 32.8. The summed E-state index contributed by atoms with van der Waals surface area (Å²) in [4.78, 5) is 73.2. The van der Waals surface area contributed by atoms with Gasteiger partial charge in [-0.05, 0) is 54.6 Å². The van der Waals surface area contributed by atoms with Gasteiger partial charge in [0, 0.05) is 25.7 Å². The molecule has 2 heterocycles. The molecule has 4 atom stereocenters. The number of hydrogen-bond acceptors (Lipinski definition) is 8. The molecule has 1 aliphatic heterocycles. The molecule has 1 aromatic heterocycles. The Morgan fingerprint density at radius 2 is 1.67 bits per heavy atom. The molecule has 0 spiro atoms. The van der Waals surface area contributed by atoms with Crippen LogP contribution in [0.1, 0.15) is 92.9 Å². The molecule has 13 nitrogen and oxygen atoms in total. The number of pyridine rings is 1. The van der Waals surface area contributed by atoms with E-state index in [2.05, 4.69) is 32.8 Å². The molecular weight excluding hydrogens is 730 g/mol. The molecule has 302 valence electrons. The van der Waals surface area contributed by atoms with E-state index in [-0.39, 0.29) is 18.1 Å². The average molecular weight is 785 g/mol. The number of aromatic nitrogens is 1. The number of rotatable bonds is 14. The number of likely N-dealkylation sites (tertiary alicyclic amines) is 1. The van der Waals surface area contributed by atoms with E-state index in [1.54, 1.807) is 32.9 Å². The van der Waals surface area contributed by atoms with Crippen molar-refractivity contribution in [3.63, 3.8) is 0 Å². The topological polar surface area (TPSA) is 184 Å². The molecule has 2 fully saturated rings. The number of nitrogens with one attached hydrogen (secondary N) is 4. The largest absolute Gasteiger partial charge is 0.389 e. The Morgan fingerprint density at radius 1 is 1.02 bits per heavy atom. The normalized spacial score (nSPS) is 20.3. The molecule has 1 aliphatic carbocycles. The molecule has 54 heavy (non-hydrogen) atoms. The van der Waals surface area contributed by atoms with Gasteiger partial charge in [0.1, 0.15) is 12.1 Å². The van der Waals surface area contributed by atoms with Crippen molar-refractivity contribution >= 4 is 39.4 Å².